The number of primary sulfonamides is 1. The van der Waals surface area contributed by atoms with Crippen LogP contribution in [0, 0.1) is 5.82 Å². The first kappa shape index (κ1) is 23.7. The Kier molecular flexibility index (Phi) is 6.28. The monoisotopic (exact) mass is 496 g/mol. The average molecular weight is 497 g/mol. The first-order chi connectivity index (χ1) is 15.4. The molecule has 0 saturated carbocycles. The van der Waals surface area contributed by atoms with Crippen molar-refractivity contribution in [3.63, 3.8) is 0 Å². The predicted octanol–water partition coefficient (Wildman–Crippen LogP) is 3.00. The minimum atomic E-state index is -3.79. The topological polar surface area (TPSA) is 115 Å². The summed E-state index contributed by atoms with van der Waals surface area (Å²) in [5.74, 6) is 0.195. The molecule has 8 nitrogen and oxygen atoms in total. The van der Waals surface area contributed by atoms with Gasteiger partial charge in [-0.15, -0.1) is 0 Å². The van der Waals surface area contributed by atoms with Crippen LogP contribution < -0.4 is 20.1 Å². The van der Waals surface area contributed by atoms with Crippen LogP contribution in [0.15, 0.2) is 41.4 Å². The number of hydrogen-bond donors (Lipinski definition) is 2. The number of piperidine rings is 1. The molecule has 0 unspecified atom stereocenters. The first-order valence-electron chi connectivity index (χ1n) is 10.7. The number of carbonyl (C=O) groups is 1. The van der Waals surface area contributed by atoms with Gasteiger partial charge in [-0.25, -0.2) is 22.9 Å². The maximum absolute atomic E-state index is 13.4. The van der Waals surface area contributed by atoms with Gasteiger partial charge in [0.1, 0.15) is 22.3 Å². The smallest absolute Gasteiger partial charge is 0.263 e. The molecule has 2 bridgehead atoms. The number of carbonyl (C=O) groups excluding carboxylic acids is 1. The second-order valence-corrected chi connectivity index (χ2v) is 11.0. The third-order valence-electron chi connectivity index (χ3n) is 6.19. The summed E-state index contributed by atoms with van der Waals surface area (Å²) in [6.45, 7) is 3.31. The van der Waals surface area contributed by atoms with Gasteiger partial charge in [0.05, 0.1) is 5.02 Å². The Morgan fingerprint density at radius 1 is 1.24 bits per heavy atom. The molecule has 2 aliphatic heterocycles. The fourth-order valence-corrected chi connectivity index (χ4v) is 5.23. The normalized spacial score (nSPS) is 22.8. The fourth-order valence-electron chi connectivity index (χ4n) is 4.60. The Hall–Kier alpha value is -2.43. The second-order valence-electron chi connectivity index (χ2n) is 9.02. The molecule has 1 amide bonds. The highest BCUT2D eigenvalue weighted by molar-refractivity contribution is 7.89. The number of nitrogens with zero attached hydrogens (tertiary/aromatic N) is 2. The molecule has 2 aliphatic rings. The maximum atomic E-state index is 13.4. The first-order valence-corrected chi connectivity index (χ1v) is 12.6. The van der Waals surface area contributed by atoms with Crippen LogP contribution in [0.3, 0.4) is 0 Å². The zero-order valence-electron chi connectivity index (χ0n) is 18.3. The summed E-state index contributed by atoms with van der Waals surface area (Å²) in [4.78, 5) is 19.5. The molecule has 0 radical (unpaired) electrons. The minimum absolute atomic E-state index is 0.0228. The highest BCUT2D eigenvalue weighted by Crippen LogP contribution is 2.39. The van der Waals surface area contributed by atoms with E-state index in [-0.39, 0.29) is 34.0 Å². The standard InChI is InChI=1S/C22H26ClFN4O4S/c1-22(2,32-16-5-7-19(24)18(23)11-16)21(29)27-13-9-14-3-4-15(10-13)28(14)20-8-6-17(12-26-20)33(25,30)31/h5-8,11-15H,3-4,9-10H2,1-2H3,(H,27,29)(H2,25,30,31)/t13-,14+,15-. The van der Waals surface area contributed by atoms with E-state index in [2.05, 4.69) is 15.2 Å². The van der Waals surface area contributed by atoms with Crippen LogP contribution >= 0.6 is 11.6 Å². The van der Waals surface area contributed by atoms with Gasteiger partial charge in [-0.2, -0.15) is 0 Å². The van der Waals surface area contributed by atoms with E-state index in [0.717, 1.165) is 25.7 Å². The highest BCUT2D eigenvalue weighted by Gasteiger charge is 2.43. The van der Waals surface area contributed by atoms with Gasteiger partial charge in [0.15, 0.2) is 5.60 Å². The molecule has 0 spiro atoms. The number of pyridine rings is 1. The van der Waals surface area contributed by atoms with E-state index in [0.29, 0.717) is 11.6 Å². The molecule has 2 fully saturated rings. The van der Waals surface area contributed by atoms with Crippen LogP contribution in [0.5, 0.6) is 5.75 Å². The van der Waals surface area contributed by atoms with Gasteiger partial charge < -0.3 is 15.0 Å². The number of ether oxygens (including phenoxy) is 1. The van der Waals surface area contributed by atoms with E-state index in [4.69, 9.17) is 21.5 Å². The van der Waals surface area contributed by atoms with Crippen LogP contribution in [0.4, 0.5) is 10.2 Å². The fraction of sp³-hybridized carbons (Fsp3) is 0.455. The minimum Gasteiger partial charge on any atom is -0.478 e. The van der Waals surface area contributed by atoms with Crippen molar-refractivity contribution in [1.29, 1.82) is 0 Å². The van der Waals surface area contributed by atoms with Gasteiger partial charge in [0.2, 0.25) is 10.0 Å². The molecule has 33 heavy (non-hydrogen) atoms. The Labute approximate surface area is 197 Å². The van der Waals surface area contributed by atoms with Crippen LogP contribution in [0.2, 0.25) is 5.02 Å². The molecule has 3 atom stereocenters. The van der Waals surface area contributed by atoms with E-state index in [1.54, 1.807) is 19.9 Å². The van der Waals surface area contributed by atoms with Gasteiger partial charge in [0, 0.05) is 30.4 Å². The summed E-state index contributed by atoms with van der Waals surface area (Å²) >= 11 is 5.81. The third kappa shape index (κ3) is 5.07. The predicted molar refractivity (Wildman–Crippen MR) is 122 cm³/mol. The van der Waals surface area contributed by atoms with Crippen LogP contribution in [0.25, 0.3) is 0 Å². The molecule has 1 aromatic heterocycles. The van der Waals surface area contributed by atoms with Crippen LogP contribution in [-0.4, -0.2) is 43.0 Å². The lowest BCUT2D eigenvalue weighted by Gasteiger charge is -2.40. The molecule has 4 rings (SSSR count). The number of aromatic nitrogens is 1. The number of nitrogens with one attached hydrogen (secondary N) is 1. The number of benzene rings is 1. The van der Waals surface area contributed by atoms with Gasteiger partial charge in [-0.1, -0.05) is 11.6 Å². The molecule has 3 heterocycles. The van der Waals surface area contributed by atoms with Crippen molar-refractivity contribution in [1.82, 2.24) is 10.3 Å². The summed E-state index contributed by atoms with van der Waals surface area (Å²) in [6, 6.07) is 7.45. The number of nitrogens with two attached hydrogens (primary N) is 1. The molecule has 2 aromatic rings. The Bertz CT molecular complexity index is 1150. The van der Waals surface area contributed by atoms with E-state index in [1.165, 1.54) is 30.5 Å². The third-order valence-corrected chi connectivity index (χ3v) is 7.38. The van der Waals surface area contributed by atoms with E-state index in [9.17, 15) is 17.6 Å². The number of anilines is 1. The van der Waals surface area contributed by atoms with Crippen molar-refractivity contribution < 1.29 is 22.3 Å². The van der Waals surface area contributed by atoms with E-state index < -0.39 is 21.4 Å². The Morgan fingerprint density at radius 2 is 1.91 bits per heavy atom. The summed E-state index contributed by atoms with van der Waals surface area (Å²) in [7, 11) is -3.79. The summed E-state index contributed by atoms with van der Waals surface area (Å²) in [5, 5.41) is 8.18. The molecule has 0 aliphatic carbocycles. The van der Waals surface area contributed by atoms with Crippen molar-refractivity contribution in [2.45, 2.75) is 68.2 Å². The Balaban J connectivity index is 1.40. The van der Waals surface area contributed by atoms with Crippen molar-refractivity contribution in [3.8, 4) is 5.75 Å². The second kappa shape index (κ2) is 8.73. The molecule has 178 valence electrons. The van der Waals surface area contributed by atoms with Crippen molar-refractivity contribution in [3.05, 3.63) is 47.4 Å². The van der Waals surface area contributed by atoms with Gasteiger partial charge in [-0.3, -0.25) is 4.79 Å². The largest absolute Gasteiger partial charge is 0.478 e. The molecule has 3 N–H and O–H groups in total. The lowest BCUT2D eigenvalue weighted by atomic mass is 9.96. The lowest BCUT2D eigenvalue weighted by molar-refractivity contribution is -0.135. The zero-order valence-corrected chi connectivity index (χ0v) is 19.9. The van der Waals surface area contributed by atoms with Crippen molar-refractivity contribution in [2.75, 3.05) is 4.90 Å². The zero-order chi connectivity index (χ0) is 24.0. The molecular weight excluding hydrogens is 471 g/mol. The van der Waals surface area contributed by atoms with Gasteiger partial charge in [-0.05, 0) is 63.8 Å². The quantitative estimate of drug-likeness (QED) is 0.635. The summed E-state index contributed by atoms with van der Waals surface area (Å²) in [6.07, 6.45) is 4.67. The van der Waals surface area contributed by atoms with Crippen molar-refractivity contribution >= 4 is 33.3 Å². The summed E-state index contributed by atoms with van der Waals surface area (Å²) < 4.78 is 42.2. The van der Waals surface area contributed by atoms with E-state index >= 15 is 0 Å². The highest BCUT2D eigenvalue weighted by atomic mass is 35.5. The number of fused-ring (bicyclic) bond motifs is 2. The van der Waals surface area contributed by atoms with Crippen LogP contribution in [-0.2, 0) is 14.8 Å². The number of hydrogen-bond acceptors (Lipinski definition) is 6. The number of amides is 1. The number of halogens is 2. The molecule has 1 aromatic carbocycles. The van der Waals surface area contributed by atoms with Gasteiger partial charge >= 0.3 is 0 Å². The number of sulfonamides is 1. The van der Waals surface area contributed by atoms with Gasteiger partial charge in [0.25, 0.3) is 5.91 Å². The maximum Gasteiger partial charge on any atom is 0.263 e. The SMILES string of the molecule is CC(C)(Oc1ccc(F)c(Cl)c1)C(=O)N[C@H]1C[C@H]2CC[C@@H](C1)N2c1ccc(S(N)(=O)=O)cn1. The Morgan fingerprint density at radius 3 is 2.45 bits per heavy atom. The molecular formula is C22H26ClFN4O4S. The molecule has 2 saturated heterocycles. The average Bonchev–Trinajstić information content (AvgIpc) is 3.00. The lowest BCUT2D eigenvalue weighted by Crippen LogP contribution is -2.55. The van der Waals surface area contributed by atoms with Crippen LogP contribution in [0.1, 0.15) is 39.5 Å². The number of rotatable bonds is 6. The van der Waals surface area contributed by atoms with E-state index in [1.807, 2.05) is 0 Å². The summed E-state index contributed by atoms with van der Waals surface area (Å²) in [5.41, 5.74) is -1.18. The molecule has 11 heteroatoms. The van der Waals surface area contributed by atoms with Crippen molar-refractivity contribution in [2.24, 2.45) is 5.14 Å².